The Morgan fingerprint density at radius 3 is 2.37 bits per heavy atom. The van der Waals surface area contributed by atoms with Crippen LogP contribution in [0.5, 0.6) is 0 Å². The Morgan fingerprint density at radius 1 is 1.00 bits per heavy atom. The molecule has 0 unspecified atom stereocenters. The van der Waals surface area contributed by atoms with Crippen LogP contribution in [0.15, 0.2) is 30.3 Å². The Morgan fingerprint density at radius 2 is 1.68 bits per heavy atom. The van der Waals surface area contributed by atoms with Crippen LogP contribution in [0.3, 0.4) is 0 Å². The standard InChI is InChI=1S/C18H30N/c1-19(2,16-18-12-7-4-8-13-18)15-9-14-17-10-5-3-6-11-17/h4,7-8,12-13,17H,3,5-6,9-11,14-16H2,1-2H3/q+1. The van der Waals surface area contributed by atoms with E-state index >= 15 is 0 Å². The van der Waals surface area contributed by atoms with Crippen LogP contribution in [0.1, 0.15) is 50.5 Å². The highest BCUT2D eigenvalue weighted by Crippen LogP contribution is 2.27. The number of rotatable bonds is 6. The smallest absolute Gasteiger partial charge is 0.104 e. The third-order valence-electron chi connectivity index (χ3n) is 4.55. The van der Waals surface area contributed by atoms with Gasteiger partial charge in [0, 0.05) is 5.56 Å². The molecule has 0 N–H and O–H groups in total. The summed E-state index contributed by atoms with van der Waals surface area (Å²) in [6.07, 6.45) is 10.3. The zero-order valence-corrected chi connectivity index (χ0v) is 12.8. The average Bonchev–Trinajstić information content (AvgIpc) is 2.40. The van der Waals surface area contributed by atoms with Gasteiger partial charge in [0.05, 0.1) is 20.6 Å². The van der Waals surface area contributed by atoms with Gasteiger partial charge in [-0.1, -0.05) is 62.4 Å². The SMILES string of the molecule is C[N+](C)(CCCC1CCCCC1)Cc1ccccc1. The number of hydrogen-bond acceptors (Lipinski definition) is 0. The molecule has 1 aromatic rings. The van der Waals surface area contributed by atoms with E-state index in [0.717, 1.165) is 16.9 Å². The summed E-state index contributed by atoms with van der Waals surface area (Å²) >= 11 is 0. The van der Waals surface area contributed by atoms with E-state index in [2.05, 4.69) is 44.4 Å². The van der Waals surface area contributed by atoms with Gasteiger partial charge in [-0.05, 0) is 18.8 Å². The van der Waals surface area contributed by atoms with Gasteiger partial charge >= 0.3 is 0 Å². The Kier molecular flexibility index (Phi) is 5.45. The fraction of sp³-hybridized carbons (Fsp3) is 0.667. The molecule has 2 rings (SSSR count). The predicted octanol–water partition coefficient (Wildman–Crippen LogP) is 4.62. The third kappa shape index (κ3) is 5.36. The Bertz CT molecular complexity index is 349. The molecule has 106 valence electrons. The summed E-state index contributed by atoms with van der Waals surface area (Å²) in [4.78, 5) is 0. The summed E-state index contributed by atoms with van der Waals surface area (Å²) in [5, 5.41) is 0. The van der Waals surface area contributed by atoms with E-state index in [4.69, 9.17) is 0 Å². The summed E-state index contributed by atoms with van der Waals surface area (Å²) in [6, 6.07) is 10.9. The van der Waals surface area contributed by atoms with Gasteiger partial charge in [0.25, 0.3) is 0 Å². The molecule has 0 aromatic heterocycles. The molecular formula is C18H30N+. The lowest BCUT2D eigenvalue weighted by molar-refractivity contribution is -0.903. The van der Waals surface area contributed by atoms with Crippen molar-refractivity contribution in [1.82, 2.24) is 0 Å². The van der Waals surface area contributed by atoms with E-state index in [1.54, 1.807) is 0 Å². The molecule has 1 heteroatoms. The molecule has 1 nitrogen and oxygen atoms in total. The topological polar surface area (TPSA) is 0 Å². The average molecular weight is 260 g/mol. The fourth-order valence-electron chi connectivity index (χ4n) is 3.44. The quantitative estimate of drug-likeness (QED) is 0.655. The molecule has 1 fully saturated rings. The van der Waals surface area contributed by atoms with E-state index in [9.17, 15) is 0 Å². The molecule has 19 heavy (non-hydrogen) atoms. The van der Waals surface area contributed by atoms with Gasteiger partial charge in [-0.25, -0.2) is 0 Å². The van der Waals surface area contributed by atoms with Gasteiger partial charge in [0.2, 0.25) is 0 Å². The van der Waals surface area contributed by atoms with Crippen LogP contribution in [-0.4, -0.2) is 25.1 Å². The minimum absolute atomic E-state index is 1.03. The van der Waals surface area contributed by atoms with E-state index in [0.29, 0.717) is 0 Å². The van der Waals surface area contributed by atoms with Crippen molar-refractivity contribution in [1.29, 1.82) is 0 Å². The molecule has 1 aliphatic rings. The van der Waals surface area contributed by atoms with Crippen molar-refractivity contribution in [3.8, 4) is 0 Å². The molecule has 0 atom stereocenters. The van der Waals surface area contributed by atoms with Gasteiger partial charge in [0.15, 0.2) is 0 Å². The molecule has 0 bridgehead atoms. The van der Waals surface area contributed by atoms with Crippen molar-refractivity contribution >= 4 is 0 Å². The lowest BCUT2D eigenvalue weighted by atomic mass is 9.86. The lowest BCUT2D eigenvalue weighted by Crippen LogP contribution is -2.39. The first-order valence-electron chi connectivity index (χ1n) is 8.02. The second-order valence-corrected chi connectivity index (χ2v) is 6.95. The molecule has 1 saturated carbocycles. The third-order valence-corrected chi connectivity index (χ3v) is 4.55. The van der Waals surface area contributed by atoms with Crippen LogP contribution < -0.4 is 0 Å². The van der Waals surface area contributed by atoms with Crippen molar-refractivity contribution in [3.63, 3.8) is 0 Å². The minimum atomic E-state index is 1.03. The molecule has 1 aromatic carbocycles. The molecule has 0 spiro atoms. The first-order chi connectivity index (χ1) is 9.16. The van der Waals surface area contributed by atoms with Crippen LogP contribution in [0.2, 0.25) is 0 Å². The first kappa shape index (κ1) is 14.6. The molecule has 0 heterocycles. The molecule has 0 radical (unpaired) electrons. The maximum atomic E-state index is 2.37. The van der Waals surface area contributed by atoms with Crippen LogP contribution in [-0.2, 0) is 6.54 Å². The summed E-state index contributed by atoms with van der Waals surface area (Å²) in [5.41, 5.74) is 1.46. The monoisotopic (exact) mass is 260 g/mol. The van der Waals surface area contributed by atoms with Crippen molar-refractivity contribution in [2.75, 3.05) is 20.6 Å². The van der Waals surface area contributed by atoms with E-state index in [1.165, 1.54) is 57.1 Å². The van der Waals surface area contributed by atoms with Gasteiger partial charge in [-0.3, -0.25) is 0 Å². The normalized spacial score (nSPS) is 17.6. The maximum absolute atomic E-state index is 2.37. The van der Waals surface area contributed by atoms with Gasteiger partial charge in [0.1, 0.15) is 6.54 Å². The first-order valence-corrected chi connectivity index (χ1v) is 8.02. The van der Waals surface area contributed by atoms with Crippen molar-refractivity contribution in [3.05, 3.63) is 35.9 Å². The van der Waals surface area contributed by atoms with Crippen LogP contribution >= 0.6 is 0 Å². The largest absolute Gasteiger partial charge is 0.325 e. The van der Waals surface area contributed by atoms with Gasteiger partial charge in [-0.15, -0.1) is 0 Å². The molecule has 0 amide bonds. The Hall–Kier alpha value is -0.820. The minimum Gasteiger partial charge on any atom is -0.325 e. The summed E-state index contributed by atoms with van der Waals surface area (Å²) < 4.78 is 1.12. The summed E-state index contributed by atoms with van der Waals surface area (Å²) in [5.74, 6) is 1.03. The second-order valence-electron chi connectivity index (χ2n) is 6.95. The molecular weight excluding hydrogens is 230 g/mol. The van der Waals surface area contributed by atoms with Crippen molar-refractivity contribution in [2.24, 2.45) is 5.92 Å². The Balaban J connectivity index is 1.71. The highest BCUT2D eigenvalue weighted by atomic mass is 15.3. The zero-order valence-electron chi connectivity index (χ0n) is 12.8. The number of benzene rings is 1. The molecule has 1 aliphatic carbocycles. The second kappa shape index (κ2) is 7.09. The van der Waals surface area contributed by atoms with E-state index in [-0.39, 0.29) is 0 Å². The predicted molar refractivity (Wildman–Crippen MR) is 82.9 cm³/mol. The molecule has 0 aliphatic heterocycles. The zero-order chi connectivity index (χ0) is 13.6. The van der Waals surface area contributed by atoms with E-state index < -0.39 is 0 Å². The fourth-order valence-corrected chi connectivity index (χ4v) is 3.44. The summed E-state index contributed by atoms with van der Waals surface area (Å²) in [7, 11) is 4.74. The van der Waals surface area contributed by atoms with Gasteiger partial charge < -0.3 is 4.48 Å². The number of nitrogens with zero attached hydrogens (tertiary/aromatic N) is 1. The highest BCUT2D eigenvalue weighted by molar-refractivity contribution is 5.13. The van der Waals surface area contributed by atoms with Gasteiger partial charge in [-0.2, -0.15) is 0 Å². The number of hydrogen-bond donors (Lipinski definition) is 0. The van der Waals surface area contributed by atoms with Crippen molar-refractivity contribution in [2.45, 2.75) is 51.5 Å². The maximum Gasteiger partial charge on any atom is 0.104 e. The highest BCUT2D eigenvalue weighted by Gasteiger charge is 2.18. The van der Waals surface area contributed by atoms with Crippen LogP contribution in [0.4, 0.5) is 0 Å². The number of quaternary nitrogens is 1. The van der Waals surface area contributed by atoms with Crippen molar-refractivity contribution < 1.29 is 4.48 Å². The van der Waals surface area contributed by atoms with Crippen LogP contribution in [0, 0.1) is 5.92 Å². The van der Waals surface area contributed by atoms with Crippen LogP contribution in [0.25, 0.3) is 0 Å². The molecule has 0 saturated heterocycles. The Labute approximate surface area is 119 Å². The lowest BCUT2D eigenvalue weighted by Gasteiger charge is -2.31. The van der Waals surface area contributed by atoms with E-state index in [1.807, 2.05) is 0 Å². The summed E-state index contributed by atoms with van der Waals surface area (Å²) in [6.45, 7) is 2.47.